The second-order valence-corrected chi connectivity index (χ2v) is 5.62. The first kappa shape index (κ1) is 19.1. The van der Waals surface area contributed by atoms with Gasteiger partial charge in [0, 0.05) is 12.4 Å². The number of hydrogen-bond donors (Lipinski definition) is 2. The van der Waals surface area contributed by atoms with Crippen LogP contribution in [0.5, 0.6) is 0 Å². The molecule has 2 N–H and O–H groups in total. The van der Waals surface area contributed by atoms with Gasteiger partial charge in [-0.25, -0.2) is 9.78 Å². The van der Waals surface area contributed by atoms with Crippen LogP contribution in [0.3, 0.4) is 0 Å². The number of carboxylic acids is 1. The lowest BCUT2D eigenvalue weighted by Crippen LogP contribution is -2.00. The molecule has 0 radical (unpaired) electrons. The molecule has 0 fully saturated rings. The Labute approximate surface area is 152 Å². The van der Waals surface area contributed by atoms with Gasteiger partial charge >= 0.3 is 5.97 Å². The minimum Gasteiger partial charge on any atom is -0.498 e. The molecule has 26 heavy (non-hydrogen) atoms. The number of carbonyl (C=O) groups is 1. The van der Waals surface area contributed by atoms with Crippen LogP contribution in [0, 0.1) is 0 Å². The van der Waals surface area contributed by atoms with Gasteiger partial charge in [-0.2, -0.15) is 5.10 Å². The first-order valence-corrected chi connectivity index (χ1v) is 8.26. The van der Waals surface area contributed by atoms with Gasteiger partial charge in [-0.15, -0.1) is 0 Å². The van der Waals surface area contributed by atoms with Crippen LogP contribution >= 0.6 is 0 Å². The molecule has 2 aromatic heterocycles. The summed E-state index contributed by atoms with van der Waals surface area (Å²) >= 11 is 0. The average Bonchev–Trinajstić information content (AvgIpc) is 3.17. The van der Waals surface area contributed by atoms with Crippen LogP contribution in [0.1, 0.15) is 41.5 Å². The van der Waals surface area contributed by atoms with Crippen LogP contribution in [0.15, 0.2) is 53.5 Å². The van der Waals surface area contributed by atoms with Crippen LogP contribution in [0.4, 0.5) is 0 Å². The summed E-state index contributed by atoms with van der Waals surface area (Å²) in [5.41, 5.74) is 2.58. The SMILES string of the molecule is C=N/C(=C\C=C(/C)OCCCCc1ccc(C(=O)O)nc1)c1ccn[nH]1. The topological polar surface area (TPSA) is 100 Å². The predicted octanol–water partition coefficient (Wildman–Crippen LogP) is 3.49. The highest BCUT2D eigenvalue weighted by molar-refractivity contribution is 5.85. The standard InChI is InChI=1S/C19H22N4O3/c1-14(6-8-16(20-2)17-10-11-22-23-17)26-12-4-3-5-15-7-9-18(19(24)25)21-13-15/h6-11,13H,2-5,12H2,1H3,(H,22,23)(H,24,25)/b14-6+,16-8-. The minimum absolute atomic E-state index is 0.0643. The number of nitrogens with zero attached hydrogens (tertiary/aromatic N) is 3. The maximum Gasteiger partial charge on any atom is 0.354 e. The van der Waals surface area contributed by atoms with E-state index in [9.17, 15) is 4.79 Å². The number of allylic oxidation sites excluding steroid dienone is 3. The molecule has 0 atom stereocenters. The van der Waals surface area contributed by atoms with Gasteiger partial charge in [0.2, 0.25) is 0 Å². The highest BCUT2D eigenvalue weighted by Gasteiger charge is 2.03. The summed E-state index contributed by atoms with van der Waals surface area (Å²) in [7, 11) is 0. The first-order chi connectivity index (χ1) is 12.6. The van der Waals surface area contributed by atoms with Crippen molar-refractivity contribution in [2.24, 2.45) is 4.99 Å². The van der Waals surface area contributed by atoms with Gasteiger partial charge in [-0.05, 0) is 62.8 Å². The second kappa shape index (κ2) is 9.93. The van der Waals surface area contributed by atoms with Crippen molar-refractivity contribution in [3.05, 3.63) is 65.5 Å². The van der Waals surface area contributed by atoms with Gasteiger partial charge in [-0.1, -0.05) is 6.07 Å². The van der Waals surface area contributed by atoms with Crippen molar-refractivity contribution in [2.45, 2.75) is 26.2 Å². The van der Waals surface area contributed by atoms with Gasteiger partial charge in [-0.3, -0.25) is 10.1 Å². The van der Waals surface area contributed by atoms with Crippen molar-refractivity contribution in [1.82, 2.24) is 15.2 Å². The molecule has 7 heteroatoms. The number of aromatic nitrogens is 3. The third kappa shape index (κ3) is 6.01. The Morgan fingerprint density at radius 2 is 2.19 bits per heavy atom. The number of hydrogen-bond acceptors (Lipinski definition) is 5. The Morgan fingerprint density at radius 3 is 2.81 bits per heavy atom. The molecule has 2 heterocycles. The number of pyridine rings is 1. The summed E-state index contributed by atoms with van der Waals surface area (Å²) in [6.45, 7) is 6.05. The highest BCUT2D eigenvalue weighted by atomic mass is 16.5. The number of aromatic carboxylic acids is 1. The fourth-order valence-electron chi connectivity index (χ4n) is 2.23. The molecule has 0 aromatic carbocycles. The lowest BCUT2D eigenvalue weighted by atomic mass is 10.1. The third-order valence-electron chi connectivity index (χ3n) is 3.66. The zero-order valence-corrected chi connectivity index (χ0v) is 14.7. The van der Waals surface area contributed by atoms with Gasteiger partial charge in [0.1, 0.15) is 5.69 Å². The Kier molecular flexibility index (Phi) is 7.30. The lowest BCUT2D eigenvalue weighted by molar-refractivity contribution is 0.0690. The van der Waals surface area contributed by atoms with Crippen molar-refractivity contribution >= 4 is 18.4 Å². The Bertz CT molecular complexity index is 778. The Balaban J connectivity index is 1.71. The zero-order valence-electron chi connectivity index (χ0n) is 14.7. The number of aryl methyl sites for hydroxylation is 1. The van der Waals surface area contributed by atoms with Crippen molar-refractivity contribution in [1.29, 1.82) is 0 Å². The molecule has 2 aromatic rings. The van der Waals surface area contributed by atoms with E-state index in [1.807, 2.05) is 25.1 Å². The van der Waals surface area contributed by atoms with Crippen LogP contribution in [-0.2, 0) is 11.2 Å². The zero-order chi connectivity index (χ0) is 18.8. The molecule has 2 rings (SSSR count). The Hall–Kier alpha value is -3.22. The van der Waals surface area contributed by atoms with Gasteiger partial charge in [0.25, 0.3) is 0 Å². The number of aliphatic imine (C=N–C) groups is 1. The van der Waals surface area contributed by atoms with Gasteiger partial charge in [0.15, 0.2) is 0 Å². The summed E-state index contributed by atoms with van der Waals surface area (Å²) in [4.78, 5) is 18.6. The third-order valence-corrected chi connectivity index (χ3v) is 3.66. The van der Waals surface area contributed by atoms with E-state index >= 15 is 0 Å². The van der Waals surface area contributed by atoms with Gasteiger partial charge in [0.05, 0.1) is 23.8 Å². The monoisotopic (exact) mass is 354 g/mol. The molecule has 7 nitrogen and oxygen atoms in total. The van der Waals surface area contributed by atoms with Crippen molar-refractivity contribution < 1.29 is 14.6 Å². The molecule has 0 aliphatic rings. The molecule has 136 valence electrons. The quantitative estimate of drug-likeness (QED) is 0.294. The van der Waals surface area contributed by atoms with Crippen LogP contribution < -0.4 is 0 Å². The molecular formula is C19H22N4O3. The lowest BCUT2D eigenvalue weighted by Gasteiger charge is -2.06. The molecule has 0 saturated heterocycles. The predicted molar refractivity (Wildman–Crippen MR) is 100.0 cm³/mol. The summed E-state index contributed by atoms with van der Waals surface area (Å²) in [5, 5.41) is 15.5. The normalized spacial score (nSPS) is 12.0. The van der Waals surface area contributed by atoms with E-state index in [0.717, 1.165) is 36.3 Å². The van der Waals surface area contributed by atoms with Crippen molar-refractivity contribution in [3.63, 3.8) is 0 Å². The number of aromatic amines is 1. The summed E-state index contributed by atoms with van der Waals surface area (Å²) in [6, 6.07) is 5.15. The van der Waals surface area contributed by atoms with Crippen LogP contribution in [0.2, 0.25) is 0 Å². The van der Waals surface area contributed by atoms with E-state index < -0.39 is 5.97 Å². The fraction of sp³-hybridized carbons (Fsp3) is 0.263. The van der Waals surface area contributed by atoms with Crippen molar-refractivity contribution in [3.8, 4) is 0 Å². The molecule has 0 aliphatic heterocycles. The number of unbranched alkanes of at least 4 members (excludes halogenated alkanes) is 1. The minimum atomic E-state index is -1.01. The van der Waals surface area contributed by atoms with Crippen LogP contribution in [0.25, 0.3) is 5.70 Å². The van der Waals surface area contributed by atoms with Crippen molar-refractivity contribution in [2.75, 3.05) is 6.61 Å². The smallest absolute Gasteiger partial charge is 0.354 e. The second-order valence-electron chi connectivity index (χ2n) is 5.62. The molecular weight excluding hydrogens is 332 g/mol. The first-order valence-electron chi connectivity index (χ1n) is 8.26. The molecule has 0 saturated carbocycles. The molecule has 0 unspecified atom stereocenters. The van der Waals surface area contributed by atoms with E-state index in [1.54, 1.807) is 18.5 Å². The maximum absolute atomic E-state index is 10.8. The number of ether oxygens (including phenoxy) is 1. The fourth-order valence-corrected chi connectivity index (χ4v) is 2.23. The Morgan fingerprint density at radius 1 is 1.35 bits per heavy atom. The largest absolute Gasteiger partial charge is 0.498 e. The summed E-state index contributed by atoms with van der Waals surface area (Å²) in [6.07, 6.45) is 9.60. The van der Waals surface area contributed by atoms with E-state index in [-0.39, 0.29) is 5.69 Å². The number of rotatable bonds is 10. The summed E-state index contributed by atoms with van der Waals surface area (Å²) in [5.74, 6) is -0.221. The van der Waals surface area contributed by atoms with E-state index in [1.165, 1.54) is 6.07 Å². The number of carboxylic acid groups (broad SMARTS) is 1. The van der Waals surface area contributed by atoms with E-state index in [2.05, 4.69) is 26.9 Å². The maximum atomic E-state index is 10.8. The molecule has 0 bridgehead atoms. The summed E-state index contributed by atoms with van der Waals surface area (Å²) < 4.78 is 5.68. The van der Waals surface area contributed by atoms with Crippen LogP contribution in [-0.4, -0.2) is 39.6 Å². The molecule has 0 aliphatic carbocycles. The number of H-pyrrole nitrogens is 1. The van der Waals surface area contributed by atoms with E-state index in [4.69, 9.17) is 9.84 Å². The average molecular weight is 354 g/mol. The molecule has 0 spiro atoms. The highest BCUT2D eigenvalue weighted by Crippen LogP contribution is 2.13. The number of nitrogens with one attached hydrogen (secondary N) is 1. The molecule has 0 amide bonds. The van der Waals surface area contributed by atoms with E-state index in [0.29, 0.717) is 12.3 Å². The van der Waals surface area contributed by atoms with Gasteiger partial charge < -0.3 is 9.84 Å².